The first-order valence-electron chi connectivity index (χ1n) is 4.51. The minimum Gasteiger partial charge on any atom is -0.304 e. The Kier molecular flexibility index (Phi) is 2.98. The van der Waals surface area contributed by atoms with Gasteiger partial charge in [0.05, 0.1) is 11.5 Å². The molecule has 0 amide bonds. The Labute approximate surface area is 98.8 Å². The van der Waals surface area contributed by atoms with Crippen molar-refractivity contribution in [1.82, 2.24) is 0 Å². The van der Waals surface area contributed by atoms with Gasteiger partial charge in [0, 0.05) is 5.69 Å². The van der Waals surface area contributed by atoms with E-state index < -0.39 is 0 Å². The maximum atomic E-state index is 4.45. The molecule has 0 saturated heterocycles. The monoisotopic (exact) mass is 239 g/mol. The van der Waals surface area contributed by atoms with Crippen LogP contribution in [0.5, 0.6) is 0 Å². The van der Waals surface area contributed by atoms with E-state index in [0.29, 0.717) is 0 Å². The highest BCUT2D eigenvalue weighted by molar-refractivity contribution is 7.99. The summed E-state index contributed by atoms with van der Waals surface area (Å²) in [4.78, 5) is 6.59. The Morgan fingerprint density at radius 2 is 2.00 bits per heavy atom. The summed E-state index contributed by atoms with van der Waals surface area (Å²) in [6, 6.07) is 10.3. The van der Waals surface area contributed by atoms with Gasteiger partial charge in [-0.3, -0.25) is 4.99 Å². The second-order valence-corrected chi connectivity index (χ2v) is 3.93. The average Bonchev–Trinajstić information content (AvgIpc) is 2.79. The van der Waals surface area contributed by atoms with Crippen LogP contribution in [0.2, 0.25) is 0 Å². The third-order valence-corrected chi connectivity index (χ3v) is 3.04. The zero-order valence-corrected chi connectivity index (χ0v) is 9.59. The quantitative estimate of drug-likeness (QED) is 0.704. The molecule has 0 N–H and O–H groups in total. The van der Waals surface area contributed by atoms with Gasteiger partial charge >= 0.3 is 0 Å². The van der Waals surface area contributed by atoms with Crippen LogP contribution in [0.25, 0.3) is 0 Å². The molecule has 15 heavy (non-hydrogen) atoms. The minimum atomic E-state index is 0. The molecule has 0 saturated carbocycles. The Bertz CT molecular complexity index is 416. The number of halogens is 1. The molecule has 1 aromatic rings. The van der Waals surface area contributed by atoms with Crippen molar-refractivity contribution in [3.05, 3.63) is 30.3 Å². The number of hydrogen-bond acceptors (Lipinski definition) is 4. The SMILES string of the molecule is Cl.c1ccc(N2CN=C3CSN=C32)cc1. The van der Waals surface area contributed by atoms with Crippen molar-refractivity contribution in [3.8, 4) is 0 Å². The molecule has 78 valence electrons. The minimum absolute atomic E-state index is 0. The first-order chi connectivity index (χ1) is 6.95. The molecule has 2 heterocycles. The number of para-hydroxylation sites is 1. The summed E-state index contributed by atoms with van der Waals surface area (Å²) < 4.78 is 4.38. The topological polar surface area (TPSA) is 28.0 Å². The maximum absolute atomic E-state index is 4.45. The van der Waals surface area contributed by atoms with E-state index >= 15 is 0 Å². The van der Waals surface area contributed by atoms with Gasteiger partial charge < -0.3 is 4.90 Å². The summed E-state index contributed by atoms with van der Waals surface area (Å²) in [5, 5.41) is 0. The van der Waals surface area contributed by atoms with Crippen LogP contribution in [0.3, 0.4) is 0 Å². The van der Waals surface area contributed by atoms with Gasteiger partial charge in [0.25, 0.3) is 0 Å². The molecule has 0 spiro atoms. The fourth-order valence-electron chi connectivity index (χ4n) is 1.63. The van der Waals surface area contributed by atoms with E-state index in [1.54, 1.807) is 11.9 Å². The van der Waals surface area contributed by atoms with Crippen molar-refractivity contribution >= 4 is 41.6 Å². The van der Waals surface area contributed by atoms with Crippen LogP contribution in [-0.2, 0) is 0 Å². The van der Waals surface area contributed by atoms with Crippen molar-refractivity contribution in [2.75, 3.05) is 17.3 Å². The van der Waals surface area contributed by atoms with E-state index in [1.165, 1.54) is 5.69 Å². The second kappa shape index (κ2) is 4.24. The smallest absolute Gasteiger partial charge is 0.164 e. The van der Waals surface area contributed by atoms with Crippen LogP contribution in [-0.4, -0.2) is 24.0 Å². The molecule has 0 aliphatic carbocycles. The molecule has 0 fully saturated rings. The second-order valence-electron chi connectivity index (χ2n) is 3.20. The molecule has 1 aromatic carbocycles. The molecule has 0 unspecified atom stereocenters. The van der Waals surface area contributed by atoms with Gasteiger partial charge in [-0.2, -0.15) is 4.40 Å². The normalized spacial score (nSPS) is 18.0. The number of rotatable bonds is 1. The fraction of sp³-hybridized carbons (Fsp3) is 0.200. The van der Waals surface area contributed by atoms with Crippen LogP contribution in [0.15, 0.2) is 39.7 Å². The Morgan fingerprint density at radius 3 is 2.80 bits per heavy atom. The number of amidine groups is 1. The molecule has 0 radical (unpaired) electrons. The first kappa shape index (κ1) is 10.5. The Hall–Kier alpha value is -1.00. The third-order valence-electron chi connectivity index (χ3n) is 2.34. The Balaban J connectivity index is 0.000000853. The largest absolute Gasteiger partial charge is 0.304 e. The van der Waals surface area contributed by atoms with E-state index in [-0.39, 0.29) is 12.4 Å². The van der Waals surface area contributed by atoms with Gasteiger partial charge in [0.15, 0.2) is 5.84 Å². The van der Waals surface area contributed by atoms with Crippen LogP contribution in [0.4, 0.5) is 5.69 Å². The van der Waals surface area contributed by atoms with Gasteiger partial charge in [-0.05, 0) is 24.1 Å². The van der Waals surface area contributed by atoms with E-state index in [9.17, 15) is 0 Å². The maximum Gasteiger partial charge on any atom is 0.164 e. The molecular weight excluding hydrogens is 230 g/mol. The first-order valence-corrected chi connectivity index (χ1v) is 5.45. The molecule has 0 aromatic heterocycles. The number of fused-ring (bicyclic) bond motifs is 1. The van der Waals surface area contributed by atoms with Crippen LogP contribution in [0, 0.1) is 0 Å². The lowest BCUT2D eigenvalue weighted by Gasteiger charge is -2.16. The number of anilines is 1. The van der Waals surface area contributed by atoms with Crippen molar-refractivity contribution in [1.29, 1.82) is 0 Å². The Morgan fingerprint density at radius 1 is 1.20 bits per heavy atom. The highest BCUT2D eigenvalue weighted by Gasteiger charge is 2.28. The molecule has 5 heteroatoms. The zero-order chi connectivity index (χ0) is 9.38. The van der Waals surface area contributed by atoms with E-state index in [4.69, 9.17) is 0 Å². The molecule has 0 bridgehead atoms. The summed E-state index contributed by atoms with van der Waals surface area (Å²) in [7, 11) is 0. The van der Waals surface area contributed by atoms with Gasteiger partial charge in [-0.1, -0.05) is 18.2 Å². The lowest BCUT2D eigenvalue weighted by atomic mass is 10.3. The molecule has 2 aliphatic heterocycles. The number of aliphatic imine (C=N–C) groups is 1. The lowest BCUT2D eigenvalue weighted by molar-refractivity contribution is 1.05. The summed E-state index contributed by atoms with van der Waals surface area (Å²) in [6.45, 7) is 0.721. The fourth-order valence-corrected chi connectivity index (χ4v) is 2.36. The number of benzene rings is 1. The standard InChI is InChI=1S/C10H9N3S.ClH/c1-2-4-8(5-3-1)13-7-11-9-6-14-12-10(9)13;/h1-5H,6-7H2;1H. The van der Waals surface area contributed by atoms with Crippen molar-refractivity contribution < 1.29 is 0 Å². The van der Waals surface area contributed by atoms with Gasteiger partial charge in [0.2, 0.25) is 0 Å². The molecular formula is C10H10ClN3S. The van der Waals surface area contributed by atoms with Gasteiger partial charge in [-0.25, -0.2) is 0 Å². The van der Waals surface area contributed by atoms with E-state index in [1.807, 2.05) is 18.2 Å². The highest BCUT2D eigenvalue weighted by atomic mass is 35.5. The number of nitrogens with zero attached hydrogens (tertiary/aromatic N) is 3. The lowest BCUT2D eigenvalue weighted by Crippen LogP contribution is -2.28. The highest BCUT2D eigenvalue weighted by Crippen LogP contribution is 2.25. The third kappa shape index (κ3) is 1.75. The summed E-state index contributed by atoms with van der Waals surface area (Å²) in [5.41, 5.74) is 2.31. The molecule has 0 atom stereocenters. The van der Waals surface area contributed by atoms with Crippen molar-refractivity contribution in [2.45, 2.75) is 0 Å². The van der Waals surface area contributed by atoms with E-state index in [0.717, 1.165) is 24.0 Å². The predicted octanol–water partition coefficient (Wildman–Crippen LogP) is 2.39. The molecule has 2 aliphatic rings. The predicted molar refractivity (Wildman–Crippen MR) is 68.4 cm³/mol. The number of hydrogen-bond donors (Lipinski definition) is 0. The van der Waals surface area contributed by atoms with Crippen molar-refractivity contribution in [3.63, 3.8) is 0 Å². The average molecular weight is 240 g/mol. The summed E-state index contributed by atoms with van der Waals surface area (Å²) >= 11 is 1.58. The van der Waals surface area contributed by atoms with Crippen LogP contribution < -0.4 is 4.90 Å². The van der Waals surface area contributed by atoms with Crippen LogP contribution in [0.1, 0.15) is 0 Å². The molecule has 3 rings (SSSR count). The van der Waals surface area contributed by atoms with E-state index in [2.05, 4.69) is 26.4 Å². The molecule has 3 nitrogen and oxygen atoms in total. The van der Waals surface area contributed by atoms with Gasteiger partial charge in [-0.15, -0.1) is 12.4 Å². The zero-order valence-electron chi connectivity index (χ0n) is 7.96. The summed E-state index contributed by atoms with van der Waals surface area (Å²) in [5.74, 6) is 1.97. The summed E-state index contributed by atoms with van der Waals surface area (Å²) in [6.07, 6.45) is 0. The van der Waals surface area contributed by atoms with Crippen LogP contribution >= 0.6 is 24.4 Å². The van der Waals surface area contributed by atoms with Gasteiger partial charge in [0.1, 0.15) is 6.67 Å². The van der Waals surface area contributed by atoms with Crippen molar-refractivity contribution in [2.24, 2.45) is 9.39 Å².